The van der Waals surface area contributed by atoms with E-state index in [2.05, 4.69) is 36.8 Å². The van der Waals surface area contributed by atoms with Gasteiger partial charge in [0.15, 0.2) is 0 Å². The molecule has 0 saturated carbocycles. The van der Waals surface area contributed by atoms with Crippen LogP contribution in [-0.2, 0) is 0 Å². The Labute approximate surface area is 110 Å². The Morgan fingerprint density at radius 2 is 1.81 bits per heavy atom. The average Bonchev–Trinajstić information content (AvgIpc) is 2.28. The zero-order valence-electron chi connectivity index (χ0n) is 8.15. The number of aromatic nitrogens is 1. The molecule has 0 radical (unpaired) electrons. The molecule has 0 bridgehead atoms. The van der Waals surface area contributed by atoms with Gasteiger partial charge in [-0.2, -0.15) is 0 Å². The van der Waals surface area contributed by atoms with E-state index in [1.165, 1.54) is 0 Å². The van der Waals surface area contributed by atoms with E-state index in [9.17, 15) is 4.79 Å². The maximum atomic E-state index is 12.0. The van der Waals surface area contributed by atoms with Crippen molar-refractivity contribution < 1.29 is 4.79 Å². The average molecular weight is 341 g/mol. The molecule has 0 aliphatic rings. The van der Waals surface area contributed by atoms with E-state index in [0.717, 1.165) is 4.47 Å². The second kappa shape index (κ2) is 4.89. The zero-order chi connectivity index (χ0) is 11.5. The van der Waals surface area contributed by atoms with Gasteiger partial charge in [0.05, 0.1) is 0 Å². The Morgan fingerprint density at radius 3 is 2.50 bits per heavy atom. The Morgan fingerprint density at radius 1 is 1.06 bits per heavy atom. The van der Waals surface area contributed by atoms with Crippen LogP contribution < -0.4 is 0 Å². The van der Waals surface area contributed by atoms with Crippen molar-refractivity contribution in [3.8, 4) is 0 Å². The molecule has 0 unspecified atom stereocenters. The summed E-state index contributed by atoms with van der Waals surface area (Å²) >= 11 is 6.58. The van der Waals surface area contributed by atoms with Crippen LogP contribution in [0.2, 0.25) is 0 Å². The molecule has 80 valence electrons. The summed E-state index contributed by atoms with van der Waals surface area (Å²) in [7, 11) is 0. The van der Waals surface area contributed by atoms with Gasteiger partial charge in [0.25, 0.3) is 0 Å². The highest BCUT2D eigenvalue weighted by molar-refractivity contribution is 9.10. The number of hydrogen-bond acceptors (Lipinski definition) is 2. The molecule has 0 N–H and O–H groups in total. The fourth-order valence-corrected chi connectivity index (χ4v) is 2.06. The topological polar surface area (TPSA) is 30.0 Å². The summed E-state index contributed by atoms with van der Waals surface area (Å²) in [5, 5.41) is 0. The predicted molar refractivity (Wildman–Crippen MR) is 69.5 cm³/mol. The summed E-state index contributed by atoms with van der Waals surface area (Å²) in [6, 6.07) is 12.6. The van der Waals surface area contributed by atoms with Crippen molar-refractivity contribution in [3.63, 3.8) is 0 Å². The van der Waals surface area contributed by atoms with E-state index < -0.39 is 0 Å². The van der Waals surface area contributed by atoms with Crippen LogP contribution in [0.1, 0.15) is 16.1 Å². The lowest BCUT2D eigenvalue weighted by Gasteiger charge is -2.01. The van der Waals surface area contributed by atoms with Crippen LogP contribution in [0.4, 0.5) is 0 Å². The van der Waals surface area contributed by atoms with E-state index in [-0.39, 0.29) is 5.78 Å². The lowest BCUT2D eigenvalue weighted by atomic mass is 10.1. The minimum Gasteiger partial charge on any atom is -0.287 e. The van der Waals surface area contributed by atoms with Gasteiger partial charge in [-0.1, -0.05) is 34.1 Å². The van der Waals surface area contributed by atoms with Gasteiger partial charge in [-0.25, -0.2) is 4.98 Å². The summed E-state index contributed by atoms with van der Waals surface area (Å²) in [6.45, 7) is 0. The standard InChI is InChI=1S/C12H7Br2NO/c13-9-4-1-3-8(7-9)12(16)10-5-2-6-11(14)15-10/h1-7H. The first kappa shape index (κ1) is 11.5. The van der Waals surface area contributed by atoms with Crippen molar-refractivity contribution in [1.29, 1.82) is 0 Å². The molecule has 2 nitrogen and oxygen atoms in total. The normalized spacial score (nSPS) is 10.1. The molecule has 0 amide bonds. The van der Waals surface area contributed by atoms with Gasteiger partial charge < -0.3 is 0 Å². The molecule has 0 saturated heterocycles. The number of ketones is 1. The summed E-state index contributed by atoms with van der Waals surface area (Å²) in [6.07, 6.45) is 0. The quantitative estimate of drug-likeness (QED) is 0.614. The van der Waals surface area contributed by atoms with Gasteiger partial charge in [0.1, 0.15) is 10.3 Å². The number of rotatable bonds is 2. The molecule has 2 rings (SSSR count). The fourth-order valence-electron chi connectivity index (χ4n) is 1.31. The Balaban J connectivity index is 2.39. The van der Waals surface area contributed by atoms with Crippen LogP contribution >= 0.6 is 31.9 Å². The zero-order valence-corrected chi connectivity index (χ0v) is 11.3. The minimum atomic E-state index is -0.0809. The first-order valence-electron chi connectivity index (χ1n) is 4.59. The maximum Gasteiger partial charge on any atom is 0.211 e. The van der Waals surface area contributed by atoms with E-state index in [1.807, 2.05) is 12.1 Å². The second-order valence-corrected chi connectivity index (χ2v) is 4.91. The maximum absolute atomic E-state index is 12.0. The van der Waals surface area contributed by atoms with Gasteiger partial charge in [0, 0.05) is 10.0 Å². The molecule has 0 spiro atoms. The summed E-state index contributed by atoms with van der Waals surface area (Å²) < 4.78 is 1.54. The van der Waals surface area contributed by atoms with Gasteiger partial charge >= 0.3 is 0 Å². The van der Waals surface area contributed by atoms with Crippen LogP contribution in [0.25, 0.3) is 0 Å². The van der Waals surface area contributed by atoms with Crippen LogP contribution in [-0.4, -0.2) is 10.8 Å². The molecule has 4 heteroatoms. The van der Waals surface area contributed by atoms with Crippen LogP contribution in [0.3, 0.4) is 0 Å². The van der Waals surface area contributed by atoms with Crippen LogP contribution in [0.15, 0.2) is 51.5 Å². The van der Waals surface area contributed by atoms with Crippen LogP contribution in [0.5, 0.6) is 0 Å². The van der Waals surface area contributed by atoms with Gasteiger partial charge in [0.2, 0.25) is 5.78 Å². The number of nitrogens with zero attached hydrogens (tertiary/aromatic N) is 1. The molecule has 0 fully saturated rings. The number of carbonyl (C=O) groups excluding carboxylic acids is 1. The largest absolute Gasteiger partial charge is 0.287 e. The van der Waals surface area contributed by atoms with Gasteiger partial charge in [-0.3, -0.25) is 4.79 Å². The molecule has 2 aromatic rings. The van der Waals surface area contributed by atoms with E-state index in [0.29, 0.717) is 15.9 Å². The molecular formula is C12H7Br2NO. The molecule has 0 aliphatic heterocycles. The third kappa shape index (κ3) is 2.57. The first-order chi connectivity index (χ1) is 7.66. The second-order valence-electron chi connectivity index (χ2n) is 3.19. The van der Waals surface area contributed by atoms with Crippen molar-refractivity contribution in [3.05, 3.63) is 62.8 Å². The highest BCUT2D eigenvalue weighted by Crippen LogP contribution is 2.15. The van der Waals surface area contributed by atoms with Crippen molar-refractivity contribution in [2.75, 3.05) is 0 Å². The number of pyridine rings is 1. The molecule has 16 heavy (non-hydrogen) atoms. The molecule has 1 aromatic heterocycles. The number of hydrogen-bond donors (Lipinski definition) is 0. The van der Waals surface area contributed by atoms with E-state index in [4.69, 9.17) is 0 Å². The van der Waals surface area contributed by atoms with Gasteiger partial charge in [-0.05, 0) is 40.2 Å². The highest BCUT2D eigenvalue weighted by Gasteiger charge is 2.10. The predicted octanol–water partition coefficient (Wildman–Crippen LogP) is 3.84. The lowest BCUT2D eigenvalue weighted by Crippen LogP contribution is -2.03. The van der Waals surface area contributed by atoms with Crippen molar-refractivity contribution in [1.82, 2.24) is 4.98 Å². The minimum absolute atomic E-state index is 0.0809. The Kier molecular flexibility index (Phi) is 3.51. The lowest BCUT2D eigenvalue weighted by molar-refractivity contribution is 0.103. The van der Waals surface area contributed by atoms with E-state index >= 15 is 0 Å². The molecule has 0 atom stereocenters. The third-order valence-electron chi connectivity index (χ3n) is 2.03. The first-order valence-corrected chi connectivity index (χ1v) is 6.18. The van der Waals surface area contributed by atoms with Crippen molar-refractivity contribution >= 4 is 37.6 Å². The molecule has 0 aliphatic carbocycles. The number of halogens is 2. The monoisotopic (exact) mass is 339 g/mol. The summed E-state index contributed by atoms with van der Waals surface area (Å²) in [4.78, 5) is 16.2. The fraction of sp³-hybridized carbons (Fsp3) is 0. The van der Waals surface area contributed by atoms with E-state index in [1.54, 1.807) is 30.3 Å². The Hall–Kier alpha value is -1.000. The van der Waals surface area contributed by atoms with Crippen molar-refractivity contribution in [2.24, 2.45) is 0 Å². The summed E-state index contributed by atoms with van der Waals surface area (Å²) in [5.41, 5.74) is 1.06. The number of benzene rings is 1. The van der Waals surface area contributed by atoms with Crippen LogP contribution in [0, 0.1) is 0 Å². The SMILES string of the molecule is O=C(c1cccc(Br)c1)c1cccc(Br)n1. The smallest absolute Gasteiger partial charge is 0.211 e. The Bertz CT molecular complexity index is 493. The van der Waals surface area contributed by atoms with Gasteiger partial charge in [-0.15, -0.1) is 0 Å². The molecule has 1 aromatic carbocycles. The third-order valence-corrected chi connectivity index (χ3v) is 2.97. The highest BCUT2D eigenvalue weighted by atomic mass is 79.9. The number of carbonyl (C=O) groups is 1. The molecule has 1 heterocycles. The van der Waals surface area contributed by atoms with Crippen molar-refractivity contribution in [2.45, 2.75) is 0 Å². The molecular weight excluding hydrogens is 334 g/mol. The summed E-state index contributed by atoms with van der Waals surface area (Å²) in [5.74, 6) is -0.0809.